The molecule has 6 heteroatoms. The van der Waals surface area contributed by atoms with Crippen LogP contribution < -0.4 is 15.6 Å². The number of aryl methyl sites for hydroxylation is 1. The fraction of sp³-hybridized carbons (Fsp3) is 0.238. The number of anilines is 2. The van der Waals surface area contributed by atoms with Crippen molar-refractivity contribution < 1.29 is 4.79 Å². The monoisotopic (exact) mass is 381 g/mol. The van der Waals surface area contributed by atoms with Gasteiger partial charge in [-0.15, -0.1) is 0 Å². The Morgan fingerprint density at radius 3 is 2.52 bits per heavy atom. The summed E-state index contributed by atoms with van der Waals surface area (Å²) in [5, 5.41) is 4.49. The van der Waals surface area contributed by atoms with E-state index in [1.54, 1.807) is 29.2 Å². The van der Waals surface area contributed by atoms with Gasteiger partial charge in [0.2, 0.25) is 5.43 Å². The largest absolute Gasteiger partial charge is 0.350 e. The fourth-order valence-corrected chi connectivity index (χ4v) is 3.86. The average Bonchev–Trinajstić information content (AvgIpc) is 2.65. The molecule has 1 amide bonds. The number of hydrogen-bond donors (Lipinski definition) is 1. The zero-order valence-corrected chi connectivity index (χ0v) is 16.1. The maximum absolute atomic E-state index is 13.5. The van der Waals surface area contributed by atoms with E-state index in [2.05, 4.69) is 5.32 Å². The van der Waals surface area contributed by atoms with Gasteiger partial charge in [0, 0.05) is 23.1 Å². The summed E-state index contributed by atoms with van der Waals surface area (Å²) in [7, 11) is 1.87. The van der Waals surface area contributed by atoms with Gasteiger partial charge < -0.3 is 9.88 Å². The molecule has 5 nitrogen and oxygen atoms in total. The molecule has 1 atom stereocenters. The maximum atomic E-state index is 13.5. The van der Waals surface area contributed by atoms with E-state index < -0.39 is 0 Å². The molecule has 0 fully saturated rings. The maximum Gasteiger partial charge on any atom is 0.267 e. The summed E-state index contributed by atoms with van der Waals surface area (Å²) in [5.74, 6) is 0.361. The molecular weight excluding hydrogens is 362 g/mol. The molecule has 4 rings (SSSR count). The molecule has 1 unspecified atom stereocenters. The molecule has 2 aromatic carbocycles. The Morgan fingerprint density at radius 1 is 1.07 bits per heavy atom. The van der Waals surface area contributed by atoms with Crippen LogP contribution in [-0.2, 0) is 7.05 Å². The first-order chi connectivity index (χ1) is 12.9. The van der Waals surface area contributed by atoms with Gasteiger partial charge in [0.15, 0.2) is 0 Å². The molecule has 27 heavy (non-hydrogen) atoms. The Kier molecular flexibility index (Phi) is 4.19. The van der Waals surface area contributed by atoms with Crippen molar-refractivity contribution in [3.63, 3.8) is 0 Å². The van der Waals surface area contributed by atoms with Gasteiger partial charge in [-0.1, -0.05) is 43.6 Å². The van der Waals surface area contributed by atoms with E-state index in [0.717, 1.165) is 5.52 Å². The molecule has 2 heterocycles. The molecule has 1 aromatic heterocycles. The molecule has 0 radical (unpaired) electrons. The van der Waals surface area contributed by atoms with Crippen molar-refractivity contribution in [2.45, 2.75) is 20.0 Å². The first-order valence-corrected chi connectivity index (χ1v) is 9.25. The second-order valence-corrected chi connectivity index (χ2v) is 7.55. The highest BCUT2D eigenvalue weighted by molar-refractivity contribution is 6.31. The van der Waals surface area contributed by atoms with Gasteiger partial charge in [-0.2, -0.15) is 0 Å². The third-order valence-corrected chi connectivity index (χ3v) is 5.26. The van der Waals surface area contributed by atoms with Crippen molar-refractivity contribution in [2.75, 3.05) is 10.2 Å². The van der Waals surface area contributed by atoms with E-state index in [-0.39, 0.29) is 29.0 Å². The van der Waals surface area contributed by atoms with Crippen LogP contribution in [0.5, 0.6) is 0 Å². The quantitative estimate of drug-likeness (QED) is 0.722. The van der Waals surface area contributed by atoms with Gasteiger partial charge in [0.25, 0.3) is 5.91 Å². The zero-order chi connectivity index (χ0) is 19.3. The van der Waals surface area contributed by atoms with Crippen molar-refractivity contribution >= 4 is 39.9 Å². The summed E-state index contributed by atoms with van der Waals surface area (Å²) < 4.78 is 1.88. The lowest BCUT2D eigenvalue weighted by atomic mass is 10.0. The number of fused-ring (bicyclic) bond motifs is 2. The van der Waals surface area contributed by atoms with Crippen LogP contribution in [0.2, 0.25) is 5.02 Å². The zero-order valence-electron chi connectivity index (χ0n) is 15.4. The number of para-hydroxylation sites is 1. The lowest BCUT2D eigenvalue weighted by Crippen LogP contribution is -2.54. The molecule has 1 N–H and O–H groups in total. The average molecular weight is 382 g/mol. The van der Waals surface area contributed by atoms with E-state index >= 15 is 0 Å². The number of pyridine rings is 1. The highest BCUT2D eigenvalue weighted by Crippen LogP contribution is 2.33. The summed E-state index contributed by atoms with van der Waals surface area (Å²) in [6.07, 6.45) is -0.296. The summed E-state index contributed by atoms with van der Waals surface area (Å²) in [6, 6.07) is 14.5. The van der Waals surface area contributed by atoms with Gasteiger partial charge in [-0.25, -0.2) is 0 Å². The van der Waals surface area contributed by atoms with Crippen LogP contribution in [0.15, 0.2) is 53.3 Å². The Bertz CT molecular complexity index is 1120. The van der Waals surface area contributed by atoms with Gasteiger partial charge in [-0.3, -0.25) is 14.5 Å². The van der Waals surface area contributed by atoms with Gasteiger partial charge in [0.05, 0.1) is 5.52 Å². The highest BCUT2D eigenvalue weighted by Gasteiger charge is 2.38. The number of nitrogens with zero attached hydrogens (tertiary/aromatic N) is 2. The number of carbonyl (C=O) groups excluding carboxylic acids is 1. The molecule has 138 valence electrons. The normalized spacial score (nSPS) is 16.6. The fourth-order valence-electron chi connectivity index (χ4n) is 3.68. The Labute approximate surface area is 162 Å². The van der Waals surface area contributed by atoms with Gasteiger partial charge >= 0.3 is 0 Å². The molecule has 0 saturated carbocycles. The molecule has 0 bridgehead atoms. The number of amides is 1. The summed E-state index contributed by atoms with van der Waals surface area (Å²) in [4.78, 5) is 28.3. The summed E-state index contributed by atoms with van der Waals surface area (Å²) in [5.41, 5.74) is 1.36. The van der Waals surface area contributed by atoms with Crippen molar-refractivity contribution in [3.8, 4) is 0 Å². The highest BCUT2D eigenvalue weighted by atomic mass is 35.5. The Balaban J connectivity index is 2.00. The van der Waals surface area contributed by atoms with Crippen LogP contribution in [0, 0.1) is 5.92 Å². The molecule has 0 saturated heterocycles. The van der Waals surface area contributed by atoms with E-state index in [0.29, 0.717) is 21.9 Å². The number of benzene rings is 2. The van der Waals surface area contributed by atoms with E-state index in [1.807, 2.05) is 49.7 Å². The standard InChI is InChI=1S/C21H20ClN3O2/c1-12(2)19-23-20-17(18(26)15-9-4-5-10-16(15)24(20)3)21(27)25(19)14-8-6-7-13(22)11-14/h4-12,19,23H,1-3H3. The van der Waals surface area contributed by atoms with Gasteiger partial charge in [-0.05, 0) is 36.2 Å². The van der Waals surface area contributed by atoms with Crippen LogP contribution >= 0.6 is 11.6 Å². The van der Waals surface area contributed by atoms with E-state index in [9.17, 15) is 9.59 Å². The second kappa shape index (κ2) is 6.43. The van der Waals surface area contributed by atoms with E-state index in [1.165, 1.54) is 0 Å². The van der Waals surface area contributed by atoms with Gasteiger partial charge in [0.1, 0.15) is 17.5 Å². The third-order valence-electron chi connectivity index (χ3n) is 5.02. The van der Waals surface area contributed by atoms with E-state index in [4.69, 9.17) is 11.6 Å². The van der Waals surface area contributed by atoms with Crippen LogP contribution in [0.25, 0.3) is 10.9 Å². The minimum atomic E-state index is -0.309. The first kappa shape index (κ1) is 17.6. The van der Waals surface area contributed by atoms with Crippen molar-refractivity contribution in [1.29, 1.82) is 0 Å². The smallest absolute Gasteiger partial charge is 0.267 e. The van der Waals surface area contributed by atoms with Crippen molar-refractivity contribution in [1.82, 2.24) is 4.57 Å². The first-order valence-electron chi connectivity index (χ1n) is 8.87. The number of nitrogens with one attached hydrogen (secondary N) is 1. The topological polar surface area (TPSA) is 54.3 Å². The minimum absolute atomic E-state index is 0.114. The predicted octanol–water partition coefficient (Wildman–Crippen LogP) is 4.25. The van der Waals surface area contributed by atoms with Crippen molar-refractivity contribution in [2.24, 2.45) is 13.0 Å². The van der Waals surface area contributed by atoms with Crippen LogP contribution in [0.3, 0.4) is 0 Å². The number of rotatable bonds is 2. The van der Waals surface area contributed by atoms with Crippen LogP contribution in [0.4, 0.5) is 11.5 Å². The predicted molar refractivity (Wildman–Crippen MR) is 110 cm³/mol. The number of halogens is 1. The van der Waals surface area contributed by atoms with Crippen molar-refractivity contribution in [3.05, 3.63) is 69.3 Å². The lowest BCUT2D eigenvalue weighted by Gasteiger charge is -2.40. The number of aromatic nitrogens is 1. The molecule has 1 aliphatic heterocycles. The summed E-state index contributed by atoms with van der Waals surface area (Å²) in [6.45, 7) is 4.07. The Hall–Kier alpha value is -2.79. The molecule has 0 spiro atoms. The Morgan fingerprint density at radius 2 is 1.81 bits per heavy atom. The molecule has 0 aliphatic carbocycles. The second-order valence-electron chi connectivity index (χ2n) is 7.12. The van der Waals surface area contributed by atoms with Crippen LogP contribution in [0.1, 0.15) is 24.2 Å². The molecule has 1 aliphatic rings. The molecular formula is C21H20ClN3O2. The number of hydrogen-bond acceptors (Lipinski definition) is 3. The third kappa shape index (κ3) is 2.70. The van der Waals surface area contributed by atoms with Crippen LogP contribution in [-0.4, -0.2) is 16.6 Å². The SMILES string of the molecule is CC(C)C1Nc2c(c(=O)c3ccccc3n2C)C(=O)N1c1cccc(Cl)c1. The number of carbonyl (C=O) groups is 1. The lowest BCUT2D eigenvalue weighted by molar-refractivity contribution is 0.0966. The minimum Gasteiger partial charge on any atom is -0.350 e. The summed E-state index contributed by atoms with van der Waals surface area (Å²) >= 11 is 6.15. The molecule has 3 aromatic rings.